The van der Waals surface area contributed by atoms with E-state index in [1.165, 1.54) is 0 Å². The molecular weight excluding hydrogens is 342 g/mol. The fourth-order valence-corrected chi connectivity index (χ4v) is 2.82. The molecule has 0 spiro atoms. The molecule has 3 aromatic heterocycles. The average molecular weight is 357 g/mol. The van der Waals surface area contributed by atoms with Gasteiger partial charge in [0, 0.05) is 5.56 Å². The highest BCUT2D eigenvalue weighted by molar-refractivity contribution is 6.03. The number of terminal acetylenes is 1. The lowest BCUT2D eigenvalue weighted by atomic mass is 10.1. The van der Waals surface area contributed by atoms with Crippen LogP contribution in [0, 0.1) is 12.3 Å². The second-order valence-corrected chi connectivity index (χ2v) is 5.82. The Morgan fingerprint density at radius 3 is 2.81 bits per heavy atom. The Balaban J connectivity index is 1.86. The summed E-state index contributed by atoms with van der Waals surface area (Å²) in [4.78, 5) is 17.2. The lowest BCUT2D eigenvalue weighted by Crippen LogP contribution is -2.08. The van der Waals surface area contributed by atoms with E-state index in [1.54, 1.807) is 23.2 Å². The monoisotopic (exact) mass is 357 g/mol. The maximum absolute atomic E-state index is 12.5. The maximum atomic E-state index is 12.5. The zero-order valence-corrected chi connectivity index (χ0v) is 14.3. The van der Waals surface area contributed by atoms with Gasteiger partial charge in [-0.2, -0.15) is 5.10 Å². The molecule has 0 aliphatic rings. The number of carbonyl (C=O) groups excluding carboxylic acids is 1. The number of hydrogen-bond donors (Lipinski definition) is 0. The van der Waals surface area contributed by atoms with Crippen LogP contribution in [0.25, 0.3) is 22.3 Å². The molecule has 0 amide bonds. The minimum atomic E-state index is -0.505. The normalized spacial score (nSPS) is 10.6. The molecule has 0 fully saturated rings. The van der Waals surface area contributed by atoms with Gasteiger partial charge in [-0.15, -0.1) is 6.42 Å². The van der Waals surface area contributed by atoms with Crippen molar-refractivity contribution in [2.24, 2.45) is 0 Å². The van der Waals surface area contributed by atoms with Crippen LogP contribution >= 0.6 is 0 Å². The fraction of sp³-hybridized carbons (Fsp3) is 0.0952. The van der Waals surface area contributed by atoms with E-state index in [1.807, 2.05) is 42.5 Å². The second kappa shape index (κ2) is 7.18. The summed E-state index contributed by atoms with van der Waals surface area (Å²) >= 11 is 0. The summed E-state index contributed by atoms with van der Waals surface area (Å²) < 4.78 is 12.2. The van der Waals surface area contributed by atoms with Gasteiger partial charge >= 0.3 is 5.97 Å². The van der Waals surface area contributed by atoms with Crippen LogP contribution in [0.2, 0.25) is 0 Å². The van der Waals surface area contributed by atoms with Gasteiger partial charge in [0.2, 0.25) is 0 Å². The second-order valence-electron chi connectivity index (χ2n) is 5.82. The molecule has 0 bridgehead atoms. The molecule has 132 valence electrons. The lowest BCUT2D eigenvalue weighted by Gasteiger charge is -2.08. The van der Waals surface area contributed by atoms with E-state index < -0.39 is 5.97 Å². The van der Waals surface area contributed by atoms with Crippen LogP contribution in [0.15, 0.2) is 65.4 Å². The predicted octanol–water partition coefficient (Wildman–Crippen LogP) is 3.53. The molecule has 1 aromatic carbocycles. The van der Waals surface area contributed by atoms with Crippen molar-refractivity contribution in [1.29, 1.82) is 0 Å². The summed E-state index contributed by atoms with van der Waals surface area (Å²) in [5.41, 5.74) is 2.48. The molecule has 0 saturated heterocycles. The third-order valence-corrected chi connectivity index (χ3v) is 4.07. The summed E-state index contributed by atoms with van der Waals surface area (Å²) in [6, 6.07) is 15.0. The Labute approximate surface area is 155 Å². The molecule has 0 radical (unpaired) electrons. The van der Waals surface area contributed by atoms with E-state index in [-0.39, 0.29) is 6.61 Å². The van der Waals surface area contributed by atoms with Crippen LogP contribution in [0.5, 0.6) is 0 Å². The number of nitrogens with zero attached hydrogens (tertiary/aromatic N) is 3. The van der Waals surface area contributed by atoms with Crippen LogP contribution < -0.4 is 0 Å². The van der Waals surface area contributed by atoms with Crippen LogP contribution in [0.3, 0.4) is 0 Å². The predicted molar refractivity (Wildman–Crippen MR) is 99.9 cm³/mol. The third-order valence-electron chi connectivity index (χ3n) is 4.07. The average Bonchev–Trinajstić information content (AvgIpc) is 3.36. The van der Waals surface area contributed by atoms with Gasteiger partial charge in [-0.1, -0.05) is 36.3 Å². The van der Waals surface area contributed by atoms with Gasteiger partial charge in [-0.3, -0.25) is 0 Å². The van der Waals surface area contributed by atoms with Crippen molar-refractivity contribution >= 4 is 17.0 Å². The van der Waals surface area contributed by atoms with E-state index in [0.717, 1.165) is 11.3 Å². The molecule has 6 heteroatoms. The van der Waals surface area contributed by atoms with E-state index in [0.29, 0.717) is 28.8 Å². The molecule has 4 aromatic rings. The molecule has 4 rings (SSSR count). The molecule has 0 atom stereocenters. The summed E-state index contributed by atoms with van der Waals surface area (Å²) in [7, 11) is 0. The van der Waals surface area contributed by atoms with Crippen molar-refractivity contribution in [2.45, 2.75) is 6.54 Å². The van der Waals surface area contributed by atoms with Crippen LogP contribution in [0.4, 0.5) is 0 Å². The molecule has 27 heavy (non-hydrogen) atoms. The maximum Gasteiger partial charge on any atom is 0.339 e. The first kappa shape index (κ1) is 16.6. The highest BCUT2D eigenvalue weighted by atomic mass is 16.5. The first-order valence-corrected chi connectivity index (χ1v) is 8.31. The largest absolute Gasteiger partial charge is 0.467 e. The van der Waals surface area contributed by atoms with E-state index >= 15 is 0 Å². The highest BCUT2D eigenvalue weighted by Gasteiger charge is 2.19. The SMILES string of the molecule is C#CCOC(=O)c1cc(-c2ccccc2)nc2c1cnn2Cc1ccco1. The van der Waals surface area contributed by atoms with Gasteiger partial charge in [0.05, 0.1) is 29.1 Å². The number of ether oxygens (including phenoxy) is 1. The van der Waals surface area contributed by atoms with Gasteiger partial charge in [0.15, 0.2) is 12.3 Å². The molecular formula is C21H15N3O3. The Morgan fingerprint density at radius 1 is 1.22 bits per heavy atom. The number of rotatable bonds is 5. The topological polar surface area (TPSA) is 70.2 Å². The van der Waals surface area contributed by atoms with Gasteiger partial charge in [-0.05, 0) is 18.2 Å². The Morgan fingerprint density at radius 2 is 2.07 bits per heavy atom. The van der Waals surface area contributed by atoms with E-state index in [2.05, 4.69) is 11.0 Å². The van der Waals surface area contributed by atoms with Crippen molar-refractivity contribution in [3.05, 3.63) is 72.3 Å². The Kier molecular flexibility index (Phi) is 4.42. The molecule has 0 unspecified atom stereocenters. The summed E-state index contributed by atoms with van der Waals surface area (Å²) in [6.07, 6.45) is 8.41. The van der Waals surface area contributed by atoms with Crippen LogP contribution in [-0.2, 0) is 11.3 Å². The number of aromatic nitrogens is 3. The molecule has 3 heterocycles. The number of benzene rings is 1. The number of furan rings is 1. The smallest absolute Gasteiger partial charge is 0.339 e. The van der Waals surface area contributed by atoms with Crippen LogP contribution in [0.1, 0.15) is 16.1 Å². The standard InChI is InChI=1S/C21H15N3O3/c1-2-10-27-21(25)17-12-19(15-7-4-3-5-8-15)23-20-18(17)13-22-24(20)14-16-9-6-11-26-16/h1,3-9,11-13H,10,14H2. The molecule has 0 aliphatic heterocycles. The summed E-state index contributed by atoms with van der Waals surface area (Å²) in [5.74, 6) is 2.54. The zero-order valence-electron chi connectivity index (χ0n) is 14.3. The zero-order chi connectivity index (χ0) is 18.6. The minimum absolute atomic E-state index is 0.0934. The first-order valence-electron chi connectivity index (χ1n) is 8.31. The number of carbonyl (C=O) groups is 1. The number of pyridine rings is 1. The summed E-state index contributed by atoms with van der Waals surface area (Å²) in [5, 5.41) is 4.97. The molecule has 0 aliphatic carbocycles. The Bertz CT molecular complexity index is 1120. The summed E-state index contributed by atoms with van der Waals surface area (Å²) in [6.45, 7) is 0.310. The van der Waals surface area contributed by atoms with Crippen molar-refractivity contribution in [1.82, 2.24) is 14.8 Å². The quantitative estimate of drug-likeness (QED) is 0.404. The Hall–Kier alpha value is -3.85. The van der Waals surface area contributed by atoms with Crippen molar-refractivity contribution in [3.8, 4) is 23.6 Å². The van der Waals surface area contributed by atoms with Gasteiger partial charge in [0.25, 0.3) is 0 Å². The van der Waals surface area contributed by atoms with Crippen molar-refractivity contribution in [3.63, 3.8) is 0 Å². The first-order chi connectivity index (χ1) is 13.3. The number of hydrogen-bond acceptors (Lipinski definition) is 5. The van der Waals surface area contributed by atoms with Crippen LogP contribution in [-0.4, -0.2) is 27.3 Å². The van der Waals surface area contributed by atoms with Crippen molar-refractivity contribution < 1.29 is 13.9 Å². The van der Waals surface area contributed by atoms with Crippen molar-refractivity contribution in [2.75, 3.05) is 6.61 Å². The number of fused-ring (bicyclic) bond motifs is 1. The fourth-order valence-electron chi connectivity index (χ4n) is 2.82. The van der Waals surface area contributed by atoms with E-state index in [9.17, 15) is 4.79 Å². The molecule has 0 saturated carbocycles. The van der Waals surface area contributed by atoms with Gasteiger partial charge in [0.1, 0.15) is 12.3 Å². The third kappa shape index (κ3) is 3.31. The van der Waals surface area contributed by atoms with Gasteiger partial charge in [-0.25, -0.2) is 14.5 Å². The molecule has 0 N–H and O–H groups in total. The minimum Gasteiger partial charge on any atom is -0.467 e. The van der Waals surface area contributed by atoms with E-state index in [4.69, 9.17) is 20.6 Å². The highest BCUT2D eigenvalue weighted by Crippen LogP contribution is 2.26. The van der Waals surface area contributed by atoms with Gasteiger partial charge < -0.3 is 9.15 Å². The molecule has 6 nitrogen and oxygen atoms in total. The number of esters is 1. The lowest BCUT2D eigenvalue weighted by molar-refractivity contribution is 0.0559.